The Kier molecular flexibility index (Phi) is 6.33. The van der Waals surface area contributed by atoms with E-state index in [0.29, 0.717) is 11.3 Å². The second-order valence-electron chi connectivity index (χ2n) is 7.52. The number of aliphatic carboxylic acids is 1. The Morgan fingerprint density at radius 3 is 2.65 bits per heavy atom. The number of carboxylic acids is 1. The third-order valence-electron chi connectivity index (χ3n) is 5.75. The number of hydrogen-bond donors (Lipinski definition) is 2. The molecule has 10 heteroatoms. The van der Waals surface area contributed by atoms with Crippen molar-refractivity contribution in [1.29, 1.82) is 0 Å². The number of ether oxygens (including phenoxy) is 3. The third-order valence-corrected chi connectivity index (χ3v) is 7.05. The topological polar surface area (TPSA) is 114 Å². The fourth-order valence-corrected chi connectivity index (χ4v) is 5.61. The zero-order chi connectivity index (χ0) is 22.1. The van der Waals surface area contributed by atoms with E-state index >= 15 is 0 Å². The van der Waals surface area contributed by atoms with Gasteiger partial charge in [-0.2, -0.15) is 0 Å². The number of carboxylic acid groups (broad SMARTS) is 1. The summed E-state index contributed by atoms with van der Waals surface area (Å²) >= 11 is 1.40. The van der Waals surface area contributed by atoms with E-state index in [-0.39, 0.29) is 30.7 Å². The number of benzene rings is 1. The Morgan fingerprint density at radius 2 is 2.00 bits per heavy atom. The molecule has 0 spiro atoms. The van der Waals surface area contributed by atoms with E-state index in [4.69, 9.17) is 14.2 Å². The van der Waals surface area contributed by atoms with E-state index in [1.807, 2.05) is 30.3 Å². The quantitative estimate of drug-likeness (QED) is 0.576. The lowest BCUT2D eigenvalue weighted by Crippen LogP contribution is -2.71. The molecule has 1 aromatic carbocycles. The van der Waals surface area contributed by atoms with E-state index in [2.05, 4.69) is 5.32 Å². The highest BCUT2D eigenvalue weighted by molar-refractivity contribution is 8.00. The summed E-state index contributed by atoms with van der Waals surface area (Å²) in [6.45, 7) is 0.274. The summed E-state index contributed by atoms with van der Waals surface area (Å²) in [4.78, 5) is 38.6. The van der Waals surface area contributed by atoms with Crippen LogP contribution in [0.5, 0.6) is 0 Å². The van der Waals surface area contributed by atoms with Crippen LogP contribution in [0.15, 0.2) is 41.6 Å². The number of hydrogen-bond acceptors (Lipinski definition) is 7. The van der Waals surface area contributed by atoms with Crippen molar-refractivity contribution in [2.75, 3.05) is 26.6 Å². The van der Waals surface area contributed by atoms with Crippen molar-refractivity contribution < 1.29 is 33.7 Å². The van der Waals surface area contributed by atoms with Crippen molar-refractivity contribution in [2.24, 2.45) is 0 Å². The highest BCUT2D eigenvalue weighted by Crippen LogP contribution is 2.43. The molecule has 0 aliphatic carbocycles. The molecular weight excluding hydrogens is 424 g/mol. The van der Waals surface area contributed by atoms with Gasteiger partial charge in [0.25, 0.3) is 5.91 Å². The lowest BCUT2D eigenvalue weighted by molar-refractivity contribution is -0.150. The van der Waals surface area contributed by atoms with Crippen LogP contribution in [0.25, 0.3) is 0 Å². The zero-order valence-corrected chi connectivity index (χ0v) is 18.0. The van der Waals surface area contributed by atoms with E-state index in [9.17, 15) is 19.5 Å². The minimum atomic E-state index is -1.21. The van der Waals surface area contributed by atoms with Crippen LogP contribution in [0.3, 0.4) is 0 Å². The van der Waals surface area contributed by atoms with Gasteiger partial charge in [0.1, 0.15) is 35.4 Å². The first-order chi connectivity index (χ1) is 15.0. The molecule has 0 bridgehead atoms. The van der Waals surface area contributed by atoms with Gasteiger partial charge in [0.05, 0.1) is 13.0 Å². The van der Waals surface area contributed by atoms with Crippen LogP contribution in [0.4, 0.5) is 0 Å². The van der Waals surface area contributed by atoms with Gasteiger partial charge in [-0.25, -0.2) is 4.79 Å². The van der Waals surface area contributed by atoms with Crippen molar-refractivity contribution in [2.45, 2.75) is 36.1 Å². The second kappa shape index (κ2) is 8.99. The van der Waals surface area contributed by atoms with Crippen LogP contribution in [-0.2, 0) is 35.0 Å². The van der Waals surface area contributed by atoms with Gasteiger partial charge in [0.2, 0.25) is 5.91 Å². The number of carbonyl (C=O) groups excluding carboxylic acids is 2. The number of nitrogens with one attached hydrogen (secondary N) is 1. The first-order valence-electron chi connectivity index (χ1n) is 9.87. The monoisotopic (exact) mass is 448 g/mol. The van der Waals surface area contributed by atoms with Gasteiger partial charge in [0.15, 0.2) is 0 Å². The maximum atomic E-state index is 12.8. The van der Waals surface area contributed by atoms with Crippen molar-refractivity contribution in [3.63, 3.8) is 0 Å². The SMILES string of the molecule is CO[C@H]1[C@@H](OC)CO[C@@H]1C1=C(C(=O)O)N2C(=O)[C@@H](NC(=O)Cc3ccccc3)[C@H]2SC1. The highest BCUT2D eigenvalue weighted by Gasteiger charge is 2.56. The van der Waals surface area contributed by atoms with E-state index in [1.54, 1.807) is 7.11 Å². The fourth-order valence-electron chi connectivity index (χ4n) is 4.23. The Hall–Kier alpha value is -2.40. The predicted octanol–water partition coefficient (Wildman–Crippen LogP) is 0.397. The van der Waals surface area contributed by atoms with Crippen LogP contribution in [0.1, 0.15) is 5.56 Å². The van der Waals surface area contributed by atoms with Crippen molar-refractivity contribution >= 4 is 29.5 Å². The first-order valence-corrected chi connectivity index (χ1v) is 10.9. The van der Waals surface area contributed by atoms with Crippen molar-refractivity contribution in [3.05, 3.63) is 47.2 Å². The van der Waals surface area contributed by atoms with Gasteiger partial charge in [-0.3, -0.25) is 14.5 Å². The number of nitrogens with zero attached hydrogens (tertiary/aromatic N) is 1. The molecule has 0 saturated carbocycles. The summed E-state index contributed by atoms with van der Waals surface area (Å²) in [7, 11) is 3.06. The number of thioether (sulfide) groups is 1. The van der Waals surface area contributed by atoms with Crippen LogP contribution in [-0.4, -0.2) is 84.1 Å². The molecule has 5 atom stereocenters. The molecule has 31 heavy (non-hydrogen) atoms. The number of methoxy groups -OCH3 is 2. The van der Waals surface area contributed by atoms with Crippen LogP contribution in [0, 0.1) is 0 Å². The molecule has 4 rings (SSSR count). The summed E-state index contributed by atoms with van der Waals surface area (Å²) < 4.78 is 16.7. The normalized spacial score (nSPS) is 30.1. The summed E-state index contributed by atoms with van der Waals surface area (Å²) in [5.74, 6) is -1.58. The molecule has 3 heterocycles. The first kappa shape index (κ1) is 21.8. The van der Waals surface area contributed by atoms with Crippen LogP contribution < -0.4 is 5.32 Å². The summed E-state index contributed by atoms with van der Waals surface area (Å²) in [6, 6.07) is 8.46. The molecule has 9 nitrogen and oxygen atoms in total. The van der Waals surface area contributed by atoms with Crippen molar-refractivity contribution in [3.8, 4) is 0 Å². The van der Waals surface area contributed by atoms with E-state index < -0.39 is 35.5 Å². The minimum absolute atomic E-state index is 0.0916. The molecule has 2 saturated heterocycles. The van der Waals surface area contributed by atoms with Crippen LogP contribution in [0.2, 0.25) is 0 Å². The van der Waals surface area contributed by atoms with Crippen molar-refractivity contribution in [1.82, 2.24) is 10.2 Å². The van der Waals surface area contributed by atoms with Gasteiger partial charge >= 0.3 is 5.97 Å². The molecule has 2 fully saturated rings. The van der Waals surface area contributed by atoms with Gasteiger partial charge in [-0.05, 0) is 5.56 Å². The number of rotatable bonds is 7. The fraction of sp³-hybridized carbons (Fsp3) is 0.476. The summed E-state index contributed by atoms with van der Waals surface area (Å²) in [6.07, 6.45) is -1.26. The molecule has 2 N–H and O–H groups in total. The summed E-state index contributed by atoms with van der Waals surface area (Å²) in [5.41, 5.74) is 1.23. The number of amides is 2. The highest BCUT2D eigenvalue weighted by atomic mass is 32.2. The molecular formula is C21H24N2O7S. The molecule has 3 aliphatic heterocycles. The number of carbonyl (C=O) groups is 3. The lowest BCUT2D eigenvalue weighted by atomic mass is 9.97. The largest absolute Gasteiger partial charge is 0.477 e. The summed E-state index contributed by atoms with van der Waals surface area (Å²) in [5, 5.41) is 12.2. The standard InChI is InChI=1S/C21H24N2O7S/c1-28-13-9-30-17(18(13)29-2)12-10-31-20-15(19(25)23(20)16(12)21(26)27)22-14(24)8-11-6-4-3-5-7-11/h3-7,13,15,17-18,20H,8-10H2,1-2H3,(H,22,24)(H,26,27)/t13-,15+,17+,18-,20+/m0/s1. The molecule has 166 valence electrons. The Balaban J connectivity index is 1.51. The zero-order valence-electron chi connectivity index (χ0n) is 17.1. The Morgan fingerprint density at radius 1 is 1.26 bits per heavy atom. The molecule has 0 aromatic heterocycles. The molecule has 2 amide bonds. The van der Waals surface area contributed by atoms with E-state index in [0.717, 1.165) is 5.56 Å². The smallest absolute Gasteiger partial charge is 0.352 e. The molecule has 3 aliphatic rings. The van der Waals surface area contributed by atoms with Gasteiger partial charge in [0, 0.05) is 25.5 Å². The Labute approximate surface area is 183 Å². The van der Waals surface area contributed by atoms with Crippen LogP contribution >= 0.6 is 11.8 Å². The molecule has 1 aromatic rings. The number of β-lactam (4-membered cyclic amide) rings is 1. The molecule has 0 radical (unpaired) electrons. The van der Waals surface area contributed by atoms with Gasteiger partial charge in [-0.15, -0.1) is 11.8 Å². The maximum Gasteiger partial charge on any atom is 0.352 e. The third kappa shape index (κ3) is 3.96. The average molecular weight is 448 g/mol. The second-order valence-corrected chi connectivity index (χ2v) is 8.63. The minimum Gasteiger partial charge on any atom is -0.477 e. The molecule has 0 unspecified atom stereocenters. The number of fused-ring (bicyclic) bond motifs is 1. The van der Waals surface area contributed by atoms with E-state index in [1.165, 1.54) is 23.8 Å². The van der Waals surface area contributed by atoms with Gasteiger partial charge < -0.3 is 24.6 Å². The predicted molar refractivity (Wildman–Crippen MR) is 111 cm³/mol. The maximum absolute atomic E-state index is 12.8. The average Bonchev–Trinajstić information content (AvgIpc) is 3.19. The Bertz CT molecular complexity index is 906. The lowest BCUT2D eigenvalue weighted by Gasteiger charge is -2.50. The van der Waals surface area contributed by atoms with Gasteiger partial charge in [-0.1, -0.05) is 30.3 Å².